The van der Waals surface area contributed by atoms with Crippen LogP contribution in [-0.2, 0) is 4.74 Å². The number of para-hydroxylation sites is 1. The number of nitrogens with one attached hydrogen (secondary N) is 1. The Hall–Kier alpha value is -3.23. The summed E-state index contributed by atoms with van der Waals surface area (Å²) >= 11 is 5.57. The van der Waals surface area contributed by atoms with Crippen LogP contribution in [-0.4, -0.2) is 50.9 Å². The molecule has 0 spiro atoms. The number of pyridine rings is 1. The van der Waals surface area contributed by atoms with Crippen LogP contribution >= 0.6 is 12.2 Å². The summed E-state index contributed by atoms with van der Waals surface area (Å²) in [7, 11) is 1.37. The van der Waals surface area contributed by atoms with E-state index >= 15 is 0 Å². The number of benzene rings is 1. The number of methoxy groups -OCH3 is 1. The molecule has 3 heterocycles. The Balaban J connectivity index is 1.84. The zero-order chi connectivity index (χ0) is 21.1. The van der Waals surface area contributed by atoms with E-state index in [-0.39, 0.29) is 18.7 Å². The highest BCUT2D eigenvalue weighted by Crippen LogP contribution is 2.39. The summed E-state index contributed by atoms with van der Waals surface area (Å²) in [6, 6.07) is 16.6. The maximum atomic E-state index is 12.3. The van der Waals surface area contributed by atoms with Gasteiger partial charge in [-0.05, 0) is 48.6 Å². The van der Waals surface area contributed by atoms with E-state index in [9.17, 15) is 9.90 Å². The van der Waals surface area contributed by atoms with Gasteiger partial charge in [0.15, 0.2) is 5.11 Å². The highest BCUT2D eigenvalue weighted by molar-refractivity contribution is 7.80. The van der Waals surface area contributed by atoms with Crippen molar-refractivity contribution in [3.8, 4) is 5.69 Å². The van der Waals surface area contributed by atoms with E-state index in [0.717, 1.165) is 11.4 Å². The fourth-order valence-corrected chi connectivity index (χ4v) is 4.23. The van der Waals surface area contributed by atoms with Crippen LogP contribution in [0.1, 0.15) is 33.8 Å². The quantitative estimate of drug-likeness (QED) is 0.467. The van der Waals surface area contributed by atoms with Crippen LogP contribution in [0, 0.1) is 0 Å². The van der Waals surface area contributed by atoms with E-state index in [0.29, 0.717) is 22.9 Å². The lowest BCUT2D eigenvalue weighted by Gasteiger charge is -2.28. The smallest absolute Gasteiger partial charge is 0.339 e. The molecule has 1 aliphatic rings. The second-order valence-corrected chi connectivity index (χ2v) is 7.24. The molecular formula is C22H22N4O3S. The summed E-state index contributed by atoms with van der Waals surface area (Å²) in [5.74, 6) is -0.404. The van der Waals surface area contributed by atoms with Crippen LogP contribution in [0.5, 0.6) is 0 Å². The minimum absolute atomic E-state index is 0.0350. The SMILES string of the molecule is COC(=O)c1ccccc1-n1cccc1[C@H]1[C@H](c2ccccn2)NC(=S)N1CCO. The van der Waals surface area contributed by atoms with Crippen LogP contribution in [0.25, 0.3) is 5.69 Å². The summed E-state index contributed by atoms with van der Waals surface area (Å²) < 4.78 is 6.93. The first-order chi connectivity index (χ1) is 14.7. The van der Waals surface area contributed by atoms with Gasteiger partial charge in [-0.15, -0.1) is 0 Å². The zero-order valence-corrected chi connectivity index (χ0v) is 17.2. The average Bonchev–Trinajstić information content (AvgIpc) is 3.38. The molecule has 1 fully saturated rings. The Morgan fingerprint density at radius 3 is 2.73 bits per heavy atom. The number of aliphatic hydroxyl groups excluding tert-OH is 1. The van der Waals surface area contributed by atoms with Crippen LogP contribution < -0.4 is 5.32 Å². The third-order valence-electron chi connectivity index (χ3n) is 5.19. The van der Waals surface area contributed by atoms with Gasteiger partial charge in [0, 0.05) is 24.6 Å². The van der Waals surface area contributed by atoms with Gasteiger partial charge in [0.05, 0.1) is 42.7 Å². The number of rotatable bonds is 6. The Kier molecular flexibility index (Phi) is 5.78. The Morgan fingerprint density at radius 1 is 1.20 bits per heavy atom. The molecule has 0 amide bonds. The van der Waals surface area contributed by atoms with Crippen LogP contribution in [0.4, 0.5) is 0 Å². The van der Waals surface area contributed by atoms with Crippen LogP contribution in [0.2, 0.25) is 0 Å². The van der Waals surface area contributed by atoms with Gasteiger partial charge in [0.25, 0.3) is 0 Å². The number of thiocarbonyl (C=S) groups is 1. The molecule has 8 heteroatoms. The molecule has 2 atom stereocenters. The van der Waals surface area contributed by atoms with Crippen LogP contribution in [0.3, 0.4) is 0 Å². The molecular weight excluding hydrogens is 400 g/mol. The predicted octanol–water partition coefficient (Wildman–Crippen LogP) is 2.62. The lowest BCUT2D eigenvalue weighted by atomic mass is 10.0. The van der Waals surface area contributed by atoms with Gasteiger partial charge in [0.1, 0.15) is 0 Å². The van der Waals surface area contributed by atoms with Crippen molar-refractivity contribution in [2.75, 3.05) is 20.3 Å². The van der Waals surface area contributed by atoms with E-state index in [1.54, 1.807) is 18.3 Å². The number of ether oxygens (including phenoxy) is 1. The minimum Gasteiger partial charge on any atom is -0.465 e. The van der Waals surface area contributed by atoms with Crippen molar-refractivity contribution in [3.63, 3.8) is 0 Å². The van der Waals surface area contributed by atoms with Gasteiger partial charge in [-0.1, -0.05) is 18.2 Å². The molecule has 1 aromatic carbocycles. The number of aliphatic hydroxyl groups is 1. The molecule has 30 heavy (non-hydrogen) atoms. The molecule has 7 nitrogen and oxygen atoms in total. The fourth-order valence-electron chi connectivity index (χ4n) is 3.90. The van der Waals surface area contributed by atoms with E-state index in [1.807, 2.05) is 58.1 Å². The first-order valence-electron chi connectivity index (χ1n) is 9.59. The van der Waals surface area contributed by atoms with E-state index in [1.165, 1.54) is 7.11 Å². The largest absolute Gasteiger partial charge is 0.465 e. The number of carbonyl (C=O) groups excluding carboxylic acids is 1. The Bertz CT molecular complexity index is 1050. The summed E-state index contributed by atoms with van der Waals surface area (Å²) in [6.45, 7) is 0.344. The number of hydrogen-bond acceptors (Lipinski definition) is 5. The van der Waals surface area contributed by atoms with E-state index in [2.05, 4.69) is 10.3 Å². The topological polar surface area (TPSA) is 79.6 Å². The fraction of sp³-hybridized carbons (Fsp3) is 0.227. The molecule has 0 radical (unpaired) electrons. The minimum atomic E-state index is -0.404. The van der Waals surface area contributed by atoms with Gasteiger partial charge in [-0.2, -0.15) is 0 Å². The van der Waals surface area contributed by atoms with Gasteiger partial charge >= 0.3 is 5.97 Å². The lowest BCUT2D eigenvalue weighted by molar-refractivity contribution is 0.0600. The van der Waals surface area contributed by atoms with Gasteiger partial charge in [-0.25, -0.2) is 4.79 Å². The van der Waals surface area contributed by atoms with Crippen molar-refractivity contribution in [1.82, 2.24) is 19.8 Å². The number of nitrogens with zero attached hydrogens (tertiary/aromatic N) is 3. The zero-order valence-electron chi connectivity index (χ0n) is 16.4. The molecule has 2 aromatic heterocycles. The van der Waals surface area contributed by atoms with Crippen molar-refractivity contribution in [3.05, 3.63) is 83.9 Å². The first-order valence-corrected chi connectivity index (χ1v) is 10.0. The van der Waals surface area contributed by atoms with Crippen molar-refractivity contribution in [2.24, 2.45) is 0 Å². The number of hydrogen-bond donors (Lipinski definition) is 2. The summed E-state index contributed by atoms with van der Waals surface area (Å²) in [5, 5.41) is 13.5. The molecule has 0 aliphatic carbocycles. The van der Waals surface area contributed by atoms with Crippen molar-refractivity contribution < 1.29 is 14.6 Å². The van der Waals surface area contributed by atoms with Gasteiger partial charge in [0.2, 0.25) is 0 Å². The second kappa shape index (κ2) is 8.64. The molecule has 4 rings (SSSR count). The molecule has 1 aliphatic heterocycles. The highest BCUT2D eigenvalue weighted by Gasteiger charge is 2.41. The number of aromatic nitrogens is 2. The van der Waals surface area contributed by atoms with Crippen molar-refractivity contribution >= 4 is 23.3 Å². The maximum Gasteiger partial charge on any atom is 0.339 e. The third kappa shape index (κ3) is 3.55. The van der Waals surface area contributed by atoms with Gasteiger partial charge < -0.3 is 24.6 Å². The standard InChI is InChI=1S/C22H22N4O3S/c1-29-21(28)15-7-2-3-9-17(15)25-12-6-10-18(25)20-19(16-8-4-5-11-23-16)24-22(30)26(20)13-14-27/h2-12,19-20,27H,13-14H2,1H3,(H,24,30)/t19-,20-/m0/s1. The monoisotopic (exact) mass is 422 g/mol. The van der Waals surface area contributed by atoms with Crippen molar-refractivity contribution in [1.29, 1.82) is 0 Å². The number of β-amino-alcohol motifs (C(OH)–C–C–N with tert-alkyl or cyclic N) is 1. The Labute approximate surface area is 179 Å². The summed E-state index contributed by atoms with van der Waals surface area (Å²) in [6.07, 6.45) is 3.66. The molecule has 3 aromatic rings. The summed E-state index contributed by atoms with van der Waals surface area (Å²) in [4.78, 5) is 18.8. The van der Waals surface area contributed by atoms with Crippen LogP contribution in [0.15, 0.2) is 67.0 Å². The molecule has 0 unspecified atom stereocenters. The molecule has 2 N–H and O–H groups in total. The molecule has 0 bridgehead atoms. The maximum absolute atomic E-state index is 12.3. The van der Waals surface area contributed by atoms with Crippen molar-refractivity contribution in [2.45, 2.75) is 12.1 Å². The number of carbonyl (C=O) groups is 1. The first kappa shape index (κ1) is 20.1. The Morgan fingerprint density at radius 2 is 2.00 bits per heavy atom. The molecule has 0 saturated carbocycles. The van der Waals surface area contributed by atoms with E-state index in [4.69, 9.17) is 17.0 Å². The molecule has 154 valence electrons. The third-order valence-corrected chi connectivity index (χ3v) is 5.54. The number of esters is 1. The summed E-state index contributed by atoms with van der Waals surface area (Å²) in [5.41, 5.74) is 2.95. The highest BCUT2D eigenvalue weighted by atomic mass is 32.1. The average molecular weight is 423 g/mol. The lowest BCUT2D eigenvalue weighted by Crippen LogP contribution is -2.33. The normalized spacial score (nSPS) is 18.3. The second-order valence-electron chi connectivity index (χ2n) is 6.86. The predicted molar refractivity (Wildman–Crippen MR) is 116 cm³/mol. The van der Waals surface area contributed by atoms with E-state index < -0.39 is 5.97 Å². The van der Waals surface area contributed by atoms with Gasteiger partial charge in [-0.3, -0.25) is 4.98 Å². The molecule has 1 saturated heterocycles.